The van der Waals surface area contributed by atoms with Crippen LogP contribution < -0.4 is 0 Å². The minimum Gasteiger partial charge on any atom is -0.360 e. The fourth-order valence-electron chi connectivity index (χ4n) is 3.39. The Hall–Kier alpha value is -2.95. The number of nitrogens with one attached hydrogen (secondary N) is 1. The van der Waals surface area contributed by atoms with Gasteiger partial charge in [-0.3, -0.25) is 4.79 Å². The van der Waals surface area contributed by atoms with Gasteiger partial charge in [0.05, 0.1) is 6.42 Å². The molecule has 0 saturated heterocycles. The zero-order chi connectivity index (χ0) is 18.1. The molecule has 1 N–H and O–H groups in total. The van der Waals surface area contributed by atoms with E-state index in [9.17, 15) is 13.6 Å². The van der Waals surface area contributed by atoms with E-state index in [1.54, 1.807) is 23.1 Å². The predicted molar refractivity (Wildman–Crippen MR) is 97.5 cm³/mol. The molecular weight excluding hydrogens is 334 g/mol. The maximum atomic E-state index is 13.3. The third-order valence-electron chi connectivity index (χ3n) is 4.82. The van der Waals surface area contributed by atoms with Crippen molar-refractivity contribution in [2.45, 2.75) is 12.8 Å². The lowest BCUT2D eigenvalue weighted by Gasteiger charge is -2.26. The molecule has 1 aliphatic rings. The van der Waals surface area contributed by atoms with Gasteiger partial charge in [-0.15, -0.1) is 0 Å². The molecule has 0 aliphatic carbocycles. The van der Waals surface area contributed by atoms with Gasteiger partial charge in [-0.2, -0.15) is 0 Å². The number of carbonyl (C=O) groups excluding carboxylic acids is 1. The first-order valence-electron chi connectivity index (χ1n) is 8.58. The number of carbonyl (C=O) groups is 1. The van der Waals surface area contributed by atoms with E-state index in [2.05, 4.69) is 11.1 Å². The lowest BCUT2D eigenvalue weighted by molar-refractivity contribution is -0.130. The maximum Gasteiger partial charge on any atom is 0.227 e. The summed E-state index contributed by atoms with van der Waals surface area (Å²) in [6, 6.07) is 10.8. The minimum absolute atomic E-state index is 0.0351. The average molecular weight is 352 g/mol. The van der Waals surface area contributed by atoms with Crippen molar-refractivity contribution in [2.75, 3.05) is 13.1 Å². The highest BCUT2D eigenvalue weighted by atomic mass is 19.1. The van der Waals surface area contributed by atoms with Crippen LogP contribution in [0.3, 0.4) is 0 Å². The van der Waals surface area contributed by atoms with Gasteiger partial charge in [-0.1, -0.05) is 18.2 Å². The topological polar surface area (TPSA) is 36.1 Å². The van der Waals surface area contributed by atoms with Crippen molar-refractivity contribution < 1.29 is 13.6 Å². The molecule has 1 aromatic heterocycles. The number of halogens is 2. The molecule has 26 heavy (non-hydrogen) atoms. The van der Waals surface area contributed by atoms with Crippen molar-refractivity contribution in [1.29, 1.82) is 0 Å². The molecule has 0 atom stereocenters. The van der Waals surface area contributed by atoms with Crippen LogP contribution in [-0.2, 0) is 11.2 Å². The quantitative estimate of drug-likeness (QED) is 0.749. The number of nitrogens with zero attached hydrogens (tertiary/aromatic N) is 1. The third kappa shape index (κ3) is 3.25. The van der Waals surface area contributed by atoms with E-state index in [0.29, 0.717) is 13.1 Å². The third-order valence-corrected chi connectivity index (χ3v) is 4.82. The van der Waals surface area contributed by atoms with Crippen LogP contribution in [0.4, 0.5) is 8.78 Å². The van der Waals surface area contributed by atoms with Crippen LogP contribution in [0, 0.1) is 11.6 Å². The van der Waals surface area contributed by atoms with E-state index in [4.69, 9.17) is 0 Å². The van der Waals surface area contributed by atoms with Gasteiger partial charge in [-0.25, -0.2) is 8.78 Å². The first kappa shape index (κ1) is 16.5. The summed E-state index contributed by atoms with van der Waals surface area (Å²) in [5.41, 5.74) is 3.81. The number of aromatic nitrogens is 1. The monoisotopic (exact) mass is 352 g/mol. The van der Waals surface area contributed by atoms with Crippen LogP contribution in [0.15, 0.2) is 54.7 Å². The summed E-state index contributed by atoms with van der Waals surface area (Å²) in [5.74, 6) is -0.528. The summed E-state index contributed by atoms with van der Waals surface area (Å²) < 4.78 is 26.3. The van der Waals surface area contributed by atoms with Gasteiger partial charge >= 0.3 is 0 Å². The van der Waals surface area contributed by atoms with Gasteiger partial charge in [0.15, 0.2) is 0 Å². The molecule has 1 aliphatic heterocycles. The van der Waals surface area contributed by atoms with Crippen molar-refractivity contribution in [3.05, 3.63) is 77.5 Å². The largest absolute Gasteiger partial charge is 0.360 e. The second-order valence-corrected chi connectivity index (χ2v) is 6.51. The number of rotatable bonds is 3. The summed E-state index contributed by atoms with van der Waals surface area (Å²) in [5, 5.41) is 0.990. The zero-order valence-corrected chi connectivity index (χ0v) is 14.1. The summed E-state index contributed by atoms with van der Waals surface area (Å²) in [6.07, 6.45) is 4.97. The average Bonchev–Trinajstić information content (AvgIpc) is 3.06. The molecule has 4 rings (SSSR count). The maximum absolute atomic E-state index is 13.3. The summed E-state index contributed by atoms with van der Waals surface area (Å²) >= 11 is 0. The fourth-order valence-corrected chi connectivity index (χ4v) is 3.39. The molecule has 132 valence electrons. The predicted octanol–water partition coefficient (Wildman–Crippen LogP) is 4.30. The number of H-pyrrole nitrogens is 1. The molecular formula is C21H18F2N2O. The summed E-state index contributed by atoms with van der Waals surface area (Å²) in [6.45, 7) is 1.18. The second kappa shape index (κ2) is 6.75. The van der Waals surface area contributed by atoms with Crippen molar-refractivity contribution in [2.24, 2.45) is 0 Å². The Bertz CT molecular complexity index is 989. The molecule has 0 saturated carbocycles. The number of aromatic amines is 1. The Morgan fingerprint density at radius 2 is 1.85 bits per heavy atom. The van der Waals surface area contributed by atoms with Crippen LogP contribution in [0.2, 0.25) is 0 Å². The Labute approximate surface area is 149 Å². The SMILES string of the molecule is O=C(Cc1ccc(F)cc1)N1CC=C(c2c[nH]c3cc(F)ccc23)CC1. The zero-order valence-electron chi connectivity index (χ0n) is 14.1. The van der Waals surface area contributed by atoms with Crippen molar-refractivity contribution in [3.8, 4) is 0 Å². The van der Waals surface area contributed by atoms with Crippen LogP contribution in [0.25, 0.3) is 16.5 Å². The lowest BCUT2D eigenvalue weighted by atomic mass is 9.98. The van der Waals surface area contributed by atoms with E-state index < -0.39 is 0 Å². The first-order valence-corrected chi connectivity index (χ1v) is 8.58. The van der Waals surface area contributed by atoms with E-state index in [1.165, 1.54) is 24.3 Å². The molecule has 2 aromatic carbocycles. The minimum atomic E-state index is -0.301. The molecule has 0 unspecified atom stereocenters. The van der Waals surface area contributed by atoms with Crippen LogP contribution in [-0.4, -0.2) is 28.9 Å². The van der Waals surface area contributed by atoms with Crippen LogP contribution in [0.1, 0.15) is 17.5 Å². The van der Waals surface area contributed by atoms with Gasteiger partial charge in [0.1, 0.15) is 11.6 Å². The van der Waals surface area contributed by atoms with Crippen LogP contribution in [0.5, 0.6) is 0 Å². The van der Waals surface area contributed by atoms with E-state index in [-0.39, 0.29) is 24.0 Å². The van der Waals surface area contributed by atoms with E-state index in [1.807, 2.05) is 6.20 Å². The van der Waals surface area contributed by atoms with Gasteiger partial charge < -0.3 is 9.88 Å². The first-order chi connectivity index (χ1) is 12.6. The van der Waals surface area contributed by atoms with Crippen molar-refractivity contribution in [3.63, 3.8) is 0 Å². The van der Waals surface area contributed by atoms with Crippen molar-refractivity contribution >= 4 is 22.4 Å². The van der Waals surface area contributed by atoms with Crippen LogP contribution >= 0.6 is 0 Å². The number of fused-ring (bicyclic) bond motifs is 1. The number of hydrogen-bond donors (Lipinski definition) is 1. The molecule has 0 fully saturated rings. The molecule has 1 amide bonds. The number of benzene rings is 2. The fraction of sp³-hybridized carbons (Fsp3) is 0.190. The molecule has 2 heterocycles. The molecule has 3 nitrogen and oxygen atoms in total. The highest BCUT2D eigenvalue weighted by Crippen LogP contribution is 2.29. The van der Waals surface area contributed by atoms with Gasteiger partial charge in [0.2, 0.25) is 5.91 Å². The smallest absolute Gasteiger partial charge is 0.227 e. The molecule has 3 aromatic rings. The molecule has 0 spiro atoms. The summed E-state index contributed by atoms with van der Waals surface area (Å²) in [7, 11) is 0. The number of amides is 1. The highest BCUT2D eigenvalue weighted by molar-refractivity contribution is 5.93. The molecule has 0 radical (unpaired) electrons. The Kier molecular flexibility index (Phi) is 4.29. The van der Waals surface area contributed by atoms with Gasteiger partial charge in [-0.05, 0) is 47.9 Å². The lowest BCUT2D eigenvalue weighted by Crippen LogP contribution is -2.35. The molecule has 0 bridgehead atoms. The van der Waals surface area contributed by atoms with E-state index in [0.717, 1.165) is 34.0 Å². The van der Waals surface area contributed by atoms with Gasteiger partial charge in [0, 0.05) is 35.8 Å². The standard InChI is InChI=1S/C21H18F2N2O/c22-16-3-1-14(2-4-16)11-21(26)25-9-7-15(8-10-25)19-13-24-20-12-17(23)5-6-18(19)20/h1-7,12-13,24H,8-11H2. The normalized spacial score (nSPS) is 14.5. The Morgan fingerprint density at radius 1 is 1.08 bits per heavy atom. The van der Waals surface area contributed by atoms with E-state index >= 15 is 0 Å². The van der Waals surface area contributed by atoms with Gasteiger partial charge in [0.25, 0.3) is 0 Å². The molecule has 5 heteroatoms. The van der Waals surface area contributed by atoms with Crippen molar-refractivity contribution in [1.82, 2.24) is 9.88 Å². The second-order valence-electron chi connectivity index (χ2n) is 6.51. The Balaban J connectivity index is 1.47. The number of hydrogen-bond acceptors (Lipinski definition) is 1. The Morgan fingerprint density at radius 3 is 2.58 bits per heavy atom. The summed E-state index contributed by atoms with van der Waals surface area (Å²) in [4.78, 5) is 17.4. The highest BCUT2D eigenvalue weighted by Gasteiger charge is 2.19.